The predicted molar refractivity (Wildman–Crippen MR) is 132 cm³/mol. The first-order valence-corrected chi connectivity index (χ1v) is 11.9. The fourth-order valence-corrected chi connectivity index (χ4v) is 4.73. The highest BCUT2D eigenvalue weighted by Gasteiger charge is 2.39. The normalized spacial score (nSPS) is 16.1. The second kappa shape index (κ2) is 9.24. The fourth-order valence-electron chi connectivity index (χ4n) is 3.93. The Balaban J connectivity index is 1.95. The van der Waals surface area contributed by atoms with Gasteiger partial charge in [0.15, 0.2) is 5.78 Å². The molecule has 4 nitrogen and oxygen atoms in total. The third-order valence-electron chi connectivity index (χ3n) is 5.91. The van der Waals surface area contributed by atoms with Crippen molar-refractivity contribution in [1.82, 2.24) is 5.32 Å². The van der Waals surface area contributed by atoms with Crippen LogP contribution in [0, 0.1) is 26.6 Å². The van der Waals surface area contributed by atoms with E-state index >= 15 is 0 Å². The zero-order chi connectivity index (χ0) is 23.7. The minimum Gasteiger partial charge on any atom is -0.326 e. The van der Waals surface area contributed by atoms with Crippen LogP contribution >= 0.6 is 11.8 Å². The number of thioether (sulfide) groups is 1. The average molecular weight is 461 g/mol. The van der Waals surface area contributed by atoms with Crippen LogP contribution in [0.25, 0.3) is 0 Å². The van der Waals surface area contributed by atoms with Crippen LogP contribution in [-0.2, 0) is 0 Å². The van der Waals surface area contributed by atoms with Gasteiger partial charge in [-0.3, -0.25) is 9.69 Å². The number of urea groups is 1. The Morgan fingerprint density at radius 2 is 1.67 bits per heavy atom. The van der Waals surface area contributed by atoms with E-state index in [9.17, 15) is 14.0 Å². The Morgan fingerprint density at radius 1 is 0.970 bits per heavy atom. The molecule has 1 heterocycles. The van der Waals surface area contributed by atoms with Crippen molar-refractivity contribution in [3.63, 3.8) is 0 Å². The van der Waals surface area contributed by atoms with E-state index in [4.69, 9.17) is 0 Å². The van der Waals surface area contributed by atoms with Crippen molar-refractivity contribution in [2.45, 2.75) is 26.8 Å². The summed E-state index contributed by atoms with van der Waals surface area (Å²) in [6.45, 7) is 5.93. The SMILES string of the molecule is CSC1=C(C(=O)c2ccc(C)cc2)[C@H](c2ccccc2F)NC(=O)N1c1ccc(C)c(C)c1. The molecule has 1 aliphatic rings. The van der Waals surface area contributed by atoms with Crippen LogP contribution in [0.5, 0.6) is 0 Å². The van der Waals surface area contributed by atoms with Crippen LogP contribution in [0.3, 0.4) is 0 Å². The van der Waals surface area contributed by atoms with Gasteiger partial charge in [-0.25, -0.2) is 9.18 Å². The summed E-state index contributed by atoms with van der Waals surface area (Å²) >= 11 is 1.30. The maximum atomic E-state index is 14.8. The molecule has 1 N–H and O–H groups in total. The molecule has 0 unspecified atom stereocenters. The molecule has 0 fully saturated rings. The average Bonchev–Trinajstić information content (AvgIpc) is 2.80. The molecule has 0 bridgehead atoms. The first-order valence-electron chi connectivity index (χ1n) is 10.6. The van der Waals surface area contributed by atoms with Crippen molar-refractivity contribution in [1.29, 1.82) is 0 Å². The molecule has 168 valence electrons. The van der Waals surface area contributed by atoms with Crippen molar-refractivity contribution >= 4 is 29.3 Å². The summed E-state index contributed by atoms with van der Waals surface area (Å²) in [7, 11) is 0. The number of aryl methyl sites for hydroxylation is 3. The standard InChI is InChI=1S/C27H25FN2O2S/c1-16-9-12-19(13-10-16)25(31)23-24(21-7-5-6-8-22(21)28)29-27(32)30(26(23)33-4)20-14-11-17(2)18(3)15-20/h5-15,24H,1-4H3,(H,29,32)/t24-/m0/s1. The van der Waals surface area contributed by atoms with Gasteiger partial charge in [0.2, 0.25) is 0 Å². The smallest absolute Gasteiger partial charge is 0.326 e. The van der Waals surface area contributed by atoms with E-state index in [2.05, 4.69) is 5.32 Å². The molecule has 3 aromatic rings. The number of carbonyl (C=O) groups is 2. The molecule has 6 heteroatoms. The monoisotopic (exact) mass is 460 g/mol. The molecule has 2 amide bonds. The van der Waals surface area contributed by atoms with Gasteiger partial charge >= 0.3 is 6.03 Å². The number of rotatable bonds is 5. The number of halogens is 1. The van der Waals surface area contributed by atoms with Gasteiger partial charge in [0.25, 0.3) is 0 Å². The van der Waals surface area contributed by atoms with Gasteiger partial charge in [0.05, 0.1) is 22.3 Å². The zero-order valence-corrected chi connectivity index (χ0v) is 19.8. The summed E-state index contributed by atoms with van der Waals surface area (Å²) in [6.07, 6.45) is 1.82. The van der Waals surface area contributed by atoms with Crippen LogP contribution in [0.2, 0.25) is 0 Å². The number of carbonyl (C=O) groups excluding carboxylic acids is 2. The summed E-state index contributed by atoms with van der Waals surface area (Å²) in [5.74, 6) is -0.724. The fraction of sp³-hybridized carbons (Fsp3) is 0.185. The summed E-state index contributed by atoms with van der Waals surface area (Å²) in [4.78, 5) is 28.7. The summed E-state index contributed by atoms with van der Waals surface area (Å²) < 4.78 is 14.8. The van der Waals surface area contributed by atoms with Crippen LogP contribution in [0.1, 0.15) is 38.7 Å². The first kappa shape index (κ1) is 22.8. The lowest BCUT2D eigenvalue weighted by molar-refractivity contribution is 0.102. The third kappa shape index (κ3) is 4.31. The molecule has 0 aromatic heterocycles. The lowest BCUT2D eigenvalue weighted by Gasteiger charge is -2.36. The van der Waals surface area contributed by atoms with E-state index in [1.54, 1.807) is 30.3 Å². The summed E-state index contributed by atoms with van der Waals surface area (Å²) in [5.41, 5.74) is 4.90. The lowest BCUT2D eigenvalue weighted by atomic mass is 9.90. The van der Waals surface area contributed by atoms with E-state index in [-0.39, 0.29) is 11.3 Å². The van der Waals surface area contributed by atoms with Crippen LogP contribution in [-0.4, -0.2) is 18.1 Å². The molecule has 1 atom stereocenters. The second-order valence-electron chi connectivity index (χ2n) is 8.13. The minimum absolute atomic E-state index is 0.249. The topological polar surface area (TPSA) is 49.4 Å². The van der Waals surface area contributed by atoms with Crippen molar-refractivity contribution in [2.24, 2.45) is 0 Å². The molecule has 0 radical (unpaired) electrons. The van der Waals surface area contributed by atoms with Gasteiger partial charge in [0.1, 0.15) is 5.82 Å². The van der Waals surface area contributed by atoms with Gasteiger partial charge < -0.3 is 5.32 Å². The number of ketones is 1. The van der Waals surface area contributed by atoms with E-state index in [0.717, 1.165) is 16.7 Å². The highest BCUT2D eigenvalue weighted by atomic mass is 32.2. The quantitative estimate of drug-likeness (QED) is 0.444. The predicted octanol–water partition coefficient (Wildman–Crippen LogP) is 6.48. The number of Topliss-reactive ketones (excluding diaryl/α,β-unsaturated/α-hetero) is 1. The Hall–Kier alpha value is -3.38. The van der Waals surface area contributed by atoms with Gasteiger partial charge in [-0.15, -0.1) is 11.8 Å². The van der Waals surface area contributed by atoms with Gasteiger partial charge in [-0.2, -0.15) is 0 Å². The zero-order valence-electron chi connectivity index (χ0n) is 19.0. The number of hydrogen-bond acceptors (Lipinski definition) is 3. The lowest BCUT2D eigenvalue weighted by Crippen LogP contribution is -2.48. The summed E-state index contributed by atoms with van der Waals surface area (Å²) in [6, 6.07) is 17.9. The van der Waals surface area contributed by atoms with E-state index < -0.39 is 17.9 Å². The highest BCUT2D eigenvalue weighted by Crippen LogP contribution is 2.40. The summed E-state index contributed by atoms with van der Waals surface area (Å²) in [5, 5.41) is 3.37. The van der Waals surface area contributed by atoms with Crippen molar-refractivity contribution in [2.75, 3.05) is 11.2 Å². The second-order valence-corrected chi connectivity index (χ2v) is 8.92. The Bertz CT molecular complexity index is 1270. The van der Waals surface area contributed by atoms with E-state index in [1.807, 2.05) is 57.4 Å². The molecule has 33 heavy (non-hydrogen) atoms. The number of nitrogens with one attached hydrogen (secondary N) is 1. The van der Waals surface area contributed by atoms with Gasteiger partial charge in [-0.1, -0.05) is 54.1 Å². The van der Waals surface area contributed by atoms with Crippen molar-refractivity contribution in [3.05, 3.63) is 111 Å². The largest absolute Gasteiger partial charge is 0.327 e. The van der Waals surface area contributed by atoms with Crippen LogP contribution in [0.15, 0.2) is 77.3 Å². The molecule has 0 spiro atoms. The first-order chi connectivity index (χ1) is 15.8. The Morgan fingerprint density at radius 3 is 2.30 bits per heavy atom. The van der Waals surface area contributed by atoms with Crippen LogP contribution < -0.4 is 10.2 Å². The van der Waals surface area contributed by atoms with E-state index in [0.29, 0.717) is 21.9 Å². The van der Waals surface area contributed by atoms with Gasteiger partial charge in [0, 0.05) is 11.1 Å². The molecule has 0 saturated heterocycles. The number of hydrogen-bond donors (Lipinski definition) is 1. The maximum absolute atomic E-state index is 14.8. The molecular weight excluding hydrogens is 435 g/mol. The third-order valence-corrected chi connectivity index (χ3v) is 6.70. The van der Waals surface area contributed by atoms with Crippen molar-refractivity contribution in [3.8, 4) is 0 Å². The number of amides is 2. The molecule has 0 aliphatic carbocycles. The molecule has 3 aromatic carbocycles. The molecule has 0 saturated carbocycles. The Kier molecular flexibility index (Phi) is 6.38. The highest BCUT2D eigenvalue weighted by molar-refractivity contribution is 8.02. The van der Waals surface area contributed by atoms with E-state index in [1.165, 1.54) is 22.7 Å². The maximum Gasteiger partial charge on any atom is 0.327 e. The number of benzene rings is 3. The number of nitrogens with zero attached hydrogens (tertiary/aromatic N) is 1. The van der Waals surface area contributed by atoms with Crippen LogP contribution in [0.4, 0.5) is 14.9 Å². The molecule has 4 rings (SSSR count). The van der Waals surface area contributed by atoms with Gasteiger partial charge in [-0.05, 0) is 56.4 Å². The molecule has 1 aliphatic heterocycles. The number of anilines is 1. The molecular formula is C27H25FN2O2S. The minimum atomic E-state index is -0.905. The van der Waals surface area contributed by atoms with Crippen molar-refractivity contribution < 1.29 is 14.0 Å². The Labute approximate surface area is 197 Å².